The molecule has 37 heavy (non-hydrogen) atoms. The first-order valence-electron chi connectivity index (χ1n) is 11.7. The topological polar surface area (TPSA) is 96.3 Å². The average Bonchev–Trinajstić information content (AvgIpc) is 3.09. The fourth-order valence-corrected chi connectivity index (χ4v) is 4.45. The van der Waals surface area contributed by atoms with Crippen LogP contribution in [-0.2, 0) is 16.1 Å². The number of para-hydroxylation sites is 1. The molecule has 0 aliphatic carbocycles. The van der Waals surface area contributed by atoms with E-state index in [9.17, 15) is 19.8 Å². The summed E-state index contributed by atoms with van der Waals surface area (Å²) in [6.45, 7) is 5.83. The number of hydrogen-bond acceptors (Lipinski definition) is 6. The second-order valence-corrected chi connectivity index (χ2v) is 10.1. The van der Waals surface area contributed by atoms with Crippen molar-refractivity contribution in [3.63, 3.8) is 0 Å². The van der Waals surface area contributed by atoms with Gasteiger partial charge in [-0.1, -0.05) is 41.9 Å². The Morgan fingerprint density at radius 1 is 1.00 bits per heavy atom. The Kier molecular flexibility index (Phi) is 7.18. The number of aliphatic hydroxyl groups excluding tert-OH is 1. The van der Waals surface area contributed by atoms with Gasteiger partial charge in [0.15, 0.2) is 0 Å². The van der Waals surface area contributed by atoms with E-state index in [1.807, 2.05) is 45.0 Å². The number of hydrogen-bond donors (Lipinski definition) is 2. The Morgan fingerprint density at radius 2 is 1.68 bits per heavy atom. The number of halogens is 1. The van der Waals surface area contributed by atoms with Gasteiger partial charge in [-0.25, -0.2) is 0 Å². The van der Waals surface area contributed by atoms with E-state index in [2.05, 4.69) is 0 Å². The number of amides is 1. The Labute approximate surface area is 220 Å². The molecule has 192 valence electrons. The Bertz CT molecular complexity index is 1370. The molecule has 0 saturated carbocycles. The minimum Gasteiger partial charge on any atom is -0.508 e. The molecule has 1 atom stereocenters. The summed E-state index contributed by atoms with van der Waals surface area (Å²) in [5, 5.41) is 21.5. The van der Waals surface area contributed by atoms with Crippen molar-refractivity contribution in [3.05, 3.63) is 94.0 Å². The first-order valence-corrected chi connectivity index (χ1v) is 12.1. The third-order valence-corrected chi connectivity index (χ3v) is 6.22. The molecule has 0 spiro atoms. The molecule has 3 aromatic carbocycles. The molecule has 7 nitrogen and oxygen atoms in total. The summed E-state index contributed by atoms with van der Waals surface area (Å²) in [5.74, 6) is -0.997. The number of carbonyl (C=O) groups excluding carboxylic acids is 2. The highest BCUT2D eigenvalue weighted by molar-refractivity contribution is 6.46. The summed E-state index contributed by atoms with van der Waals surface area (Å²) in [6.07, 6.45) is 0. The fourth-order valence-electron chi connectivity index (χ4n) is 4.26. The number of aliphatic hydroxyl groups is 1. The minimum atomic E-state index is -0.912. The van der Waals surface area contributed by atoms with Crippen LogP contribution in [0.4, 0.5) is 0 Å². The molecular formula is C29H28ClNO6. The first-order chi connectivity index (χ1) is 17.5. The number of methoxy groups -OCH3 is 1. The SMILES string of the molecule is COc1cc(/C(O)=C2/C(=O)C(=O)N(Cc3ccccc3OC(C)(C)C)C2c2ccc(O)cc2)ccc1Cl. The van der Waals surface area contributed by atoms with Crippen molar-refractivity contribution in [2.75, 3.05) is 7.11 Å². The molecule has 1 aliphatic rings. The summed E-state index contributed by atoms with van der Waals surface area (Å²) in [6, 6.07) is 17.2. The minimum absolute atomic E-state index is 0.0343. The summed E-state index contributed by atoms with van der Waals surface area (Å²) in [7, 11) is 1.44. The summed E-state index contributed by atoms with van der Waals surface area (Å²) < 4.78 is 11.4. The van der Waals surface area contributed by atoms with Crippen molar-refractivity contribution >= 4 is 29.1 Å². The van der Waals surface area contributed by atoms with E-state index < -0.39 is 23.3 Å². The van der Waals surface area contributed by atoms with Crippen LogP contribution >= 0.6 is 11.6 Å². The van der Waals surface area contributed by atoms with Crippen molar-refractivity contribution < 1.29 is 29.3 Å². The number of rotatable bonds is 6. The smallest absolute Gasteiger partial charge is 0.295 e. The number of Topliss-reactive ketones (excluding diaryl/α,β-unsaturated/α-hetero) is 1. The van der Waals surface area contributed by atoms with Crippen LogP contribution in [0.1, 0.15) is 43.5 Å². The fraction of sp³-hybridized carbons (Fsp3) is 0.241. The third-order valence-electron chi connectivity index (χ3n) is 5.90. The van der Waals surface area contributed by atoms with E-state index in [0.717, 1.165) is 0 Å². The highest BCUT2D eigenvalue weighted by Crippen LogP contribution is 2.42. The lowest BCUT2D eigenvalue weighted by Gasteiger charge is -2.28. The lowest BCUT2D eigenvalue weighted by molar-refractivity contribution is -0.140. The summed E-state index contributed by atoms with van der Waals surface area (Å²) in [5.41, 5.74) is 0.979. The molecule has 2 N–H and O–H groups in total. The van der Waals surface area contributed by atoms with Crippen LogP contribution in [0, 0.1) is 0 Å². The van der Waals surface area contributed by atoms with Gasteiger partial charge in [-0.15, -0.1) is 0 Å². The zero-order valence-electron chi connectivity index (χ0n) is 21.0. The van der Waals surface area contributed by atoms with Crippen LogP contribution in [-0.4, -0.2) is 39.5 Å². The molecule has 0 bridgehead atoms. The quantitative estimate of drug-likeness (QED) is 0.240. The van der Waals surface area contributed by atoms with Crippen molar-refractivity contribution in [3.8, 4) is 17.2 Å². The number of likely N-dealkylation sites (tertiary alicyclic amines) is 1. The molecule has 1 unspecified atom stereocenters. The highest BCUT2D eigenvalue weighted by atomic mass is 35.5. The highest BCUT2D eigenvalue weighted by Gasteiger charge is 2.46. The first kappa shape index (κ1) is 26.1. The molecular weight excluding hydrogens is 494 g/mol. The number of carbonyl (C=O) groups is 2. The second kappa shape index (κ2) is 10.2. The molecule has 3 aromatic rings. The normalized spacial score (nSPS) is 17.2. The maximum Gasteiger partial charge on any atom is 0.295 e. The van der Waals surface area contributed by atoms with Crippen LogP contribution in [0.2, 0.25) is 5.02 Å². The van der Waals surface area contributed by atoms with Crippen molar-refractivity contribution in [1.29, 1.82) is 0 Å². The van der Waals surface area contributed by atoms with Crippen molar-refractivity contribution in [2.45, 2.75) is 39.0 Å². The third kappa shape index (κ3) is 5.42. The van der Waals surface area contributed by atoms with Gasteiger partial charge in [0, 0.05) is 11.1 Å². The summed E-state index contributed by atoms with van der Waals surface area (Å²) in [4.78, 5) is 28.1. The molecule has 0 aromatic heterocycles. The van der Waals surface area contributed by atoms with Gasteiger partial charge in [0.05, 0.1) is 30.3 Å². The standard InChI is InChI=1S/C29H28ClNO6/c1-29(2,3)37-22-8-6-5-7-19(22)16-31-25(17-9-12-20(32)13-10-17)24(27(34)28(31)35)26(33)18-11-14-21(30)23(15-18)36-4/h5-15,25,32-33H,16H2,1-4H3/b26-24-. The predicted molar refractivity (Wildman–Crippen MR) is 141 cm³/mol. The zero-order chi connectivity index (χ0) is 26.9. The maximum atomic E-state index is 13.4. The molecule has 1 fully saturated rings. The van der Waals surface area contributed by atoms with E-state index in [1.54, 1.807) is 24.3 Å². The van der Waals surface area contributed by atoms with E-state index in [-0.39, 0.29) is 29.2 Å². The molecule has 1 aliphatic heterocycles. The van der Waals surface area contributed by atoms with Crippen molar-refractivity contribution in [2.24, 2.45) is 0 Å². The number of nitrogens with zero attached hydrogens (tertiary/aromatic N) is 1. The van der Waals surface area contributed by atoms with Gasteiger partial charge in [0.2, 0.25) is 0 Å². The van der Waals surface area contributed by atoms with Gasteiger partial charge in [-0.2, -0.15) is 0 Å². The van der Waals surface area contributed by atoms with Crippen LogP contribution in [0.25, 0.3) is 5.76 Å². The van der Waals surface area contributed by atoms with Crippen LogP contribution < -0.4 is 9.47 Å². The molecule has 1 amide bonds. The van der Waals surface area contributed by atoms with E-state index in [4.69, 9.17) is 21.1 Å². The van der Waals surface area contributed by atoms with Crippen LogP contribution in [0.15, 0.2) is 72.3 Å². The van der Waals surface area contributed by atoms with Gasteiger partial charge in [-0.3, -0.25) is 9.59 Å². The molecule has 4 rings (SSSR count). The Balaban J connectivity index is 1.85. The second-order valence-electron chi connectivity index (χ2n) is 9.69. The van der Waals surface area contributed by atoms with E-state index in [0.29, 0.717) is 27.6 Å². The number of phenols is 1. The van der Waals surface area contributed by atoms with Crippen LogP contribution in [0.3, 0.4) is 0 Å². The predicted octanol–water partition coefficient (Wildman–Crippen LogP) is 5.85. The molecule has 1 heterocycles. The van der Waals surface area contributed by atoms with Gasteiger partial charge in [-0.05, 0) is 62.7 Å². The van der Waals surface area contributed by atoms with Gasteiger partial charge < -0.3 is 24.6 Å². The van der Waals surface area contributed by atoms with E-state index in [1.165, 1.54) is 30.2 Å². The van der Waals surface area contributed by atoms with Gasteiger partial charge >= 0.3 is 0 Å². The van der Waals surface area contributed by atoms with Gasteiger partial charge in [0.25, 0.3) is 11.7 Å². The largest absolute Gasteiger partial charge is 0.508 e. The monoisotopic (exact) mass is 521 g/mol. The number of benzene rings is 3. The number of ether oxygens (including phenoxy) is 2. The van der Waals surface area contributed by atoms with E-state index >= 15 is 0 Å². The lowest BCUT2D eigenvalue weighted by Crippen LogP contribution is -2.30. The number of phenolic OH excluding ortho intramolecular Hbond substituents is 1. The summed E-state index contributed by atoms with van der Waals surface area (Å²) >= 11 is 6.14. The van der Waals surface area contributed by atoms with Gasteiger partial charge in [0.1, 0.15) is 28.6 Å². The zero-order valence-corrected chi connectivity index (χ0v) is 21.7. The molecule has 1 saturated heterocycles. The number of ketones is 1. The molecule has 8 heteroatoms. The van der Waals surface area contributed by atoms with Crippen molar-refractivity contribution in [1.82, 2.24) is 4.90 Å². The number of aromatic hydroxyl groups is 1. The molecule has 0 radical (unpaired) electrons. The maximum absolute atomic E-state index is 13.4. The lowest BCUT2D eigenvalue weighted by atomic mass is 9.95. The Morgan fingerprint density at radius 3 is 2.32 bits per heavy atom. The van der Waals surface area contributed by atoms with Crippen LogP contribution in [0.5, 0.6) is 17.2 Å². The average molecular weight is 522 g/mol. The Hall–Kier alpha value is -3.97.